The lowest BCUT2D eigenvalue weighted by Crippen LogP contribution is -2.40. The van der Waals surface area contributed by atoms with Gasteiger partial charge in [0.1, 0.15) is 5.75 Å². The van der Waals surface area contributed by atoms with Gasteiger partial charge in [-0.25, -0.2) is 4.98 Å². The van der Waals surface area contributed by atoms with E-state index in [4.69, 9.17) is 4.74 Å². The Kier molecular flexibility index (Phi) is 7.33. The monoisotopic (exact) mass is 477 g/mol. The maximum atomic E-state index is 13.3. The second-order valence-corrected chi connectivity index (χ2v) is 8.59. The molecule has 0 saturated carbocycles. The average molecular weight is 478 g/mol. The van der Waals surface area contributed by atoms with Crippen LogP contribution in [-0.4, -0.2) is 39.9 Å². The number of para-hydroxylation sites is 1. The Balaban J connectivity index is 1.59. The standard InChI is InChI=1S/C26H31N5O4/c1-4-6-15-31-22(32)16-20(23(31)17-11-13-18(35-3)14-12-17)24(33)28-29-26-27-21-10-8-7-9-19(21)25(34)30(26)5-2/h7-14,20,23H,4-6,15-16H2,1-3H3,(H,27,29)(H,28,33). The molecule has 2 amide bonds. The molecule has 184 valence electrons. The Hall–Kier alpha value is -3.88. The molecule has 4 rings (SSSR count). The zero-order valence-corrected chi connectivity index (χ0v) is 20.3. The van der Waals surface area contributed by atoms with Crippen molar-refractivity contribution in [2.45, 2.75) is 45.7 Å². The quantitative estimate of drug-likeness (QED) is 0.459. The topological polar surface area (TPSA) is 106 Å². The van der Waals surface area contributed by atoms with Crippen LogP contribution in [0.2, 0.25) is 0 Å². The van der Waals surface area contributed by atoms with Crippen molar-refractivity contribution in [2.24, 2.45) is 5.92 Å². The molecule has 2 aromatic carbocycles. The summed E-state index contributed by atoms with van der Waals surface area (Å²) in [5, 5.41) is 0.513. The first-order chi connectivity index (χ1) is 17.0. The Labute approximate surface area is 204 Å². The molecule has 3 aromatic rings. The Morgan fingerprint density at radius 1 is 1.11 bits per heavy atom. The lowest BCUT2D eigenvalue weighted by Gasteiger charge is -2.28. The summed E-state index contributed by atoms with van der Waals surface area (Å²) >= 11 is 0. The van der Waals surface area contributed by atoms with Crippen LogP contribution in [0.5, 0.6) is 5.75 Å². The molecule has 0 radical (unpaired) electrons. The number of benzene rings is 2. The molecule has 9 nitrogen and oxygen atoms in total. The van der Waals surface area contributed by atoms with Gasteiger partial charge in [-0.15, -0.1) is 0 Å². The van der Waals surface area contributed by atoms with E-state index in [2.05, 4.69) is 22.8 Å². The van der Waals surface area contributed by atoms with Gasteiger partial charge < -0.3 is 9.64 Å². The fraction of sp³-hybridized carbons (Fsp3) is 0.385. The first-order valence-corrected chi connectivity index (χ1v) is 12.0. The Bertz CT molecular complexity index is 1270. The van der Waals surface area contributed by atoms with Gasteiger partial charge in [0, 0.05) is 19.5 Å². The number of methoxy groups -OCH3 is 1. The van der Waals surface area contributed by atoms with E-state index in [0.29, 0.717) is 29.7 Å². The molecule has 2 N–H and O–H groups in total. The smallest absolute Gasteiger partial charge is 0.262 e. The summed E-state index contributed by atoms with van der Waals surface area (Å²) in [7, 11) is 1.60. The molecule has 9 heteroatoms. The Morgan fingerprint density at radius 2 is 1.86 bits per heavy atom. The highest BCUT2D eigenvalue weighted by Gasteiger charge is 2.44. The molecule has 1 aliphatic rings. The molecular weight excluding hydrogens is 446 g/mol. The zero-order valence-electron chi connectivity index (χ0n) is 20.3. The van der Waals surface area contributed by atoms with Gasteiger partial charge in [0.05, 0.1) is 30.0 Å². The molecule has 2 heterocycles. The summed E-state index contributed by atoms with van der Waals surface area (Å²) in [5.74, 6) is -0.0158. The van der Waals surface area contributed by atoms with E-state index in [-0.39, 0.29) is 35.8 Å². The summed E-state index contributed by atoms with van der Waals surface area (Å²) in [6.45, 7) is 4.88. The predicted molar refractivity (Wildman–Crippen MR) is 134 cm³/mol. The molecule has 2 unspecified atom stereocenters. The summed E-state index contributed by atoms with van der Waals surface area (Å²) in [6.07, 6.45) is 1.91. The van der Waals surface area contributed by atoms with Crippen molar-refractivity contribution in [3.63, 3.8) is 0 Å². The van der Waals surface area contributed by atoms with Gasteiger partial charge in [-0.1, -0.05) is 37.6 Å². The second-order valence-electron chi connectivity index (χ2n) is 8.59. The number of unbranched alkanes of at least 4 members (excludes halogenated alkanes) is 1. The minimum absolute atomic E-state index is 0.0475. The Morgan fingerprint density at radius 3 is 2.54 bits per heavy atom. The number of hydrogen-bond donors (Lipinski definition) is 2. The van der Waals surface area contributed by atoms with Gasteiger partial charge >= 0.3 is 0 Å². The van der Waals surface area contributed by atoms with Crippen molar-refractivity contribution in [1.82, 2.24) is 19.9 Å². The molecule has 1 saturated heterocycles. The number of carbonyl (C=O) groups excluding carboxylic acids is 2. The van der Waals surface area contributed by atoms with Gasteiger partial charge in [0.15, 0.2) is 0 Å². The molecule has 0 bridgehead atoms. The van der Waals surface area contributed by atoms with E-state index in [1.165, 1.54) is 4.57 Å². The number of likely N-dealkylation sites (tertiary alicyclic amines) is 1. The van der Waals surface area contributed by atoms with Gasteiger partial charge in [-0.2, -0.15) is 0 Å². The lowest BCUT2D eigenvalue weighted by molar-refractivity contribution is -0.129. The van der Waals surface area contributed by atoms with E-state index in [1.54, 1.807) is 30.2 Å². The van der Waals surface area contributed by atoms with E-state index < -0.39 is 5.92 Å². The molecular formula is C26H31N5O4. The van der Waals surface area contributed by atoms with Crippen molar-refractivity contribution in [1.29, 1.82) is 0 Å². The van der Waals surface area contributed by atoms with E-state index in [1.807, 2.05) is 37.3 Å². The summed E-state index contributed by atoms with van der Waals surface area (Å²) in [4.78, 5) is 45.4. The highest BCUT2D eigenvalue weighted by molar-refractivity contribution is 5.91. The molecule has 2 atom stereocenters. The first kappa shape index (κ1) is 24.3. The van der Waals surface area contributed by atoms with Crippen molar-refractivity contribution in [2.75, 3.05) is 19.1 Å². The number of carbonyl (C=O) groups is 2. The molecule has 1 fully saturated rings. The average Bonchev–Trinajstić information content (AvgIpc) is 3.22. The van der Waals surface area contributed by atoms with Crippen molar-refractivity contribution >= 4 is 28.7 Å². The number of ether oxygens (including phenoxy) is 1. The van der Waals surface area contributed by atoms with Gasteiger partial charge in [-0.05, 0) is 43.2 Å². The predicted octanol–water partition coefficient (Wildman–Crippen LogP) is 3.26. The number of amides is 2. The van der Waals surface area contributed by atoms with Crippen LogP contribution in [0.15, 0.2) is 53.3 Å². The third-order valence-electron chi connectivity index (χ3n) is 6.45. The number of hydrazine groups is 1. The third-order valence-corrected chi connectivity index (χ3v) is 6.45. The van der Waals surface area contributed by atoms with Crippen molar-refractivity contribution < 1.29 is 14.3 Å². The number of hydrogen-bond acceptors (Lipinski definition) is 6. The molecule has 1 aromatic heterocycles. The highest BCUT2D eigenvalue weighted by Crippen LogP contribution is 2.39. The SMILES string of the molecule is CCCCN1C(=O)CC(C(=O)NNc2nc3ccccc3c(=O)n2CC)C1c1ccc(OC)cc1. The van der Waals surface area contributed by atoms with Crippen LogP contribution in [0, 0.1) is 5.92 Å². The molecule has 0 spiro atoms. The number of fused-ring (bicyclic) bond motifs is 1. The van der Waals surface area contributed by atoms with Crippen LogP contribution in [-0.2, 0) is 16.1 Å². The minimum Gasteiger partial charge on any atom is -0.497 e. The summed E-state index contributed by atoms with van der Waals surface area (Å²) in [5.41, 5.74) is 6.78. The van der Waals surface area contributed by atoms with Crippen LogP contribution in [0.25, 0.3) is 10.9 Å². The van der Waals surface area contributed by atoms with Gasteiger partial charge in [0.2, 0.25) is 17.8 Å². The number of nitrogens with zero attached hydrogens (tertiary/aromatic N) is 3. The van der Waals surface area contributed by atoms with Gasteiger partial charge in [0.25, 0.3) is 5.56 Å². The largest absolute Gasteiger partial charge is 0.497 e. The molecule has 1 aliphatic heterocycles. The summed E-state index contributed by atoms with van der Waals surface area (Å²) in [6, 6.07) is 14.2. The van der Waals surface area contributed by atoms with E-state index >= 15 is 0 Å². The number of nitrogens with one attached hydrogen (secondary N) is 2. The van der Waals surface area contributed by atoms with Crippen LogP contribution in [0.1, 0.15) is 44.7 Å². The number of aromatic nitrogens is 2. The van der Waals surface area contributed by atoms with Crippen LogP contribution in [0.4, 0.5) is 5.95 Å². The number of anilines is 1. The summed E-state index contributed by atoms with van der Waals surface area (Å²) < 4.78 is 6.73. The minimum atomic E-state index is -0.595. The highest BCUT2D eigenvalue weighted by atomic mass is 16.5. The zero-order chi connectivity index (χ0) is 24.9. The van der Waals surface area contributed by atoms with Crippen molar-refractivity contribution in [3.05, 3.63) is 64.4 Å². The van der Waals surface area contributed by atoms with E-state index in [0.717, 1.165) is 18.4 Å². The molecule has 35 heavy (non-hydrogen) atoms. The normalized spacial score (nSPS) is 17.6. The van der Waals surface area contributed by atoms with Crippen LogP contribution in [0.3, 0.4) is 0 Å². The van der Waals surface area contributed by atoms with Gasteiger partial charge in [-0.3, -0.25) is 29.8 Å². The maximum Gasteiger partial charge on any atom is 0.262 e. The van der Waals surface area contributed by atoms with Crippen LogP contribution >= 0.6 is 0 Å². The second kappa shape index (κ2) is 10.6. The lowest BCUT2D eigenvalue weighted by atomic mass is 9.93. The fourth-order valence-electron chi connectivity index (χ4n) is 4.60. The van der Waals surface area contributed by atoms with E-state index in [9.17, 15) is 14.4 Å². The van der Waals surface area contributed by atoms with Crippen molar-refractivity contribution in [3.8, 4) is 5.75 Å². The number of rotatable bonds is 9. The molecule has 0 aliphatic carbocycles. The third kappa shape index (κ3) is 4.84. The maximum absolute atomic E-state index is 13.3. The van der Waals surface area contributed by atoms with Crippen LogP contribution < -0.4 is 21.1 Å². The first-order valence-electron chi connectivity index (χ1n) is 12.0. The fourth-order valence-corrected chi connectivity index (χ4v) is 4.60.